The molecule has 0 N–H and O–H groups in total. The molecule has 4 heterocycles. The first-order chi connectivity index (χ1) is 16.6. The molecular weight excluding hydrogens is 476 g/mol. The van der Waals surface area contributed by atoms with Crippen LogP contribution >= 0.6 is 0 Å². The lowest BCUT2D eigenvalue weighted by molar-refractivity contribution is -0.145. The first kappa shape index (κ1) is 21.9. The number of pyridine rings is 1. The topological polar surface area (TPSA) is 60.0 Å². The maximum Gasteiger partial charge on any atom is 0.433 e. The minimum atomic E-state index is -5.03. The molecule has 2 bridgehead atoms. The first-order valence-corrected chi connectivity index (χ1v) is 10.9. The predicted octanol–water partition coefficient (Wildman–Crippen LogP) is 6.18. The molecular formula is C23H17F6N5O. The number of halogens is 6. The third-order valence-corrected chi connectivity index (χ3v) is 6.84. The van der Waals surface area contributed by atoms with E-state index in [0.717, 1.165) is 11.8 Å². The predicted molar refractivity (Wildman–Crippen MR) is 112 cm³/mol. The summed E-state index contributed by atoms with van der Waals surface area (Å²) < 4.78 is 88.2. The molecule has 0 radical (unpaired) electrons. The van der Waals surface area contributed by atoms with Crippen LogP contribution in [0.2, 0.25) is 0 Å². The molecule has 3 aromatic heterocycles. The fourth-order valence-corrected chi connectivity index (χ4v) is 5.35. The summed E-state index contributed by atoms with van der Waals surface area (Å²) >= 11 is 0. The van der Waals surface area contributed by atoms with Gasteiger partial charge in [-0.2, -0.15) is 26.3 Å². The fourth-order valence-electron chi connectivity index (χ4n) is 5.35. The van der Waals surface area contributed by atoms with Crippen molar-refractivity contribution in [1.29, 1.82) is 0 Å². The summed E-state index contributed by atoms with van der Waals surface area (Å²) in [6.07, 6.45) is -4.91. The number of benzene rings is 1. The monoisotopic (exact) mass is 493 g/mol. The number of piperidine rings is 1. The van der Waals surface area contributed by atoms with Gasteiger partial charge in [0.15, 0.2) is 5.82 Å². The Kier molecular flexibility index (Phi) is 4.68. The average Bonchev–Trinajstić information content (AvgIpc) is 3.60. The van der Waals surface area contributed by atoms with Crippen LogP contribution in [0.15, 0.2) is 53.4 Å². The van der Waals surface area contributed by atoms with Crippen molar-refractivity contribution in [2.75, 3.05) is 4.90 Å². The SMILES string of the molecule is FC(F)(F)c1cc(N2[C@@H]3CC[C@@H](C3)[C@H]2c2nncn2-c2ccc3ccoc3c2)nc(C(F)(F)F)c1. The van der Waals surface area contributed by atoms with Crippen molar-refractivity contribution in [2.24, 2.45) is 5.92 Å². The number of aromatic nitrogens is 4. The van der Waals surface area contributed by atoms with Crippen molar-refractivity contribution in [2.45, 2.75) is 43.7 Å². The van der Waals surface area contributed by atoms with E-state index in [1.54, 1.807) is 27.9 Å². The van der Waals surface area contributed by atoms with Gasteiger partial charge in [-0.15, -0.1) is 10.2 Å². The number of fused-ring (bicyclic) bond motifs is 3. The summed E-state index contributed by atoms with van der Waals surface area (Å²) in [4.78, 5) is 5.20. The molecule has 6 rings (SSSR count). The van der Waals surface area contributed by atoms with Crippen LogP contribution in [-0.2, 0) is 12.4 Å². The molecule has 1 saturated carbocycles. The van der Waals surface area contributed by atoms with Gasteiger partial charge in [0.2, 0.25) is 0 Å². The lowest BCUT2D eigenvalue weighted by Gasteiger charge is -2.36. The Morgan fingerprint density at radius 3 is 2.54 bits per heavy atom. The molecule has 1 saturated heterocycles. The van der Waals surface area contributed by atoms with Gasteiger partial charge in [-0.1, -0.05) is 0 Å². The molecule has 1 aromatic carbocycles. The van der Waals surface area contributed by atoms with Crippen molar-refractivity contribution < 1.29 is 30.8 Å². The van der Waals surface area contributed by atoms with Gasteiger partial charge in [0.25, 0.3) is 0 Å². The lowest BCUT2D eigenvalue weighted by atomic mass is 9.97. The van der Waals surface area contributed by atoms with Crippen molar-refractivity contribution in [3.8, 4) is 5.69 Å². The highest BCUT2D eigenvalue weighted by Crippen LogP contribution is 2.52. The first-order valence-electron chi connectivity index (χ1n) is 10.9. The van der Waals surface area contributed by atoms with Gasteiger partial charge in [-0.3, -0.25) is 4.57 Å². The second-order valence-electron chi connectivity index (χ2n) is 8.88. The molecule has 0 amide bonds. The maximum atomic E-state index is 13.5. The number of hydrogen-bond donors (Lipinski definition) is 0. The Morgan fingerprint density at radius 2 is 1.77 bits per heavy atom. The highest BCUT2D eigenvalue weighted by Gasteiger charge is 2.50. The summed E-state index contributed by atoms with van der Waals surface area (Å²) in [5.74, 6) is 0.0530. The Morgan fingerprint density at radius 1 is 0.943 bits per heavy atom. The average molecular weight is 493 g/mol. The lowest BCUT2D eigenvalue weighted by Crippen LogP contribution is -2.37. The van der Waals surface area contributed by atoms with Crippen LogP contribution in [0.4, 0.5) is 32.2 Å². The summed E-state index contributed by atoms with van der Waals surface area (Å²) in [5.41, 5.74) is -1.67. The Labute approximate surface area is 194 Å². The molecule has 0 unspecified atom stereocenters. The zero-order valence-corrected chi connectivity index (χ0v) is 17.9. The Balaban J connectivity index is 1.47. The standard InChI is InChI=1S/C23H17F6N5O/c24-22(25,26)14-8-18(23(27,28)29)31-19(9-14)34-16-4-2-13(7-16)20(34)21-32-30-11-33(21)15-3-1-12-5-6-35-17(12)10-15/h1,3,5-6,8-11,13,16,20H,2,4,7H2/t13-,16+,20-/m0/s1. The number of rotatable bonds is 3. The molecule has 2 aliphatic rings. The molecule has 4 aromatic rings. The van der Waals surface area contributed by atoms with Gasteiger partial charge >= 0.3 is 12.4 Å². The van der Waals surface area contributed by atoms with E-state index >= 15 is 0 Å². The third-order valence-electron chi connectivity index (χ3n) is 6.84. The Bertz CT molecular complexity index is 1380. The van der Waals surface area contributed by atoms with Crippen molar-refractivity contribution >= 4 is 16.8 Å². The number of anilines is 1. The highest BCUT2D eigenvalue weighted by molar-refractivity contribution is 5.79. The largest absolute Gasteiger partial charge is 0.464 e. The van der Waals surface area contributed by atoms with Crippen LogP contribution < -0.4 is 4.90 Å². The van der Waals surface area contributed by atoms with Crippen LogP contribution in [0.3, 0.4) is 0 Å². The number of alkyl halides is 6. The fraction of sp³-hybridized carbons (Fsp3) is 0.348. The number of nitrogens with zero attached hydrogens (tertiary/aromatic N) is 5. The normalized spacial score (nSPS) is 22.5. The smallest absolute Gasteiger partial charge is 0.433 e. The van der Waals surface area contributed by atoms with Gasteiger partial charge in [-0.05, 0) is 55.5 Å². The van der Waals surface area contributed by atoms with Gasteiger partial charge in [0.05, 0.1) is 23.6 Å². The molecule has 2 fully saturated rings. The summed E-state index contributed by atoms with van der Waals surface area (Å²) in [5, 5.41) is 9.15. The number of furan rings is 1. The minimum Gasteiger partial charge on any atom is -0.464 e. The van der Waals surface area contributed by atoms with Crippen molar-refractivity contribution in [3.05, 3.63) is 66.1 Å². The van der Waals surface area contributed by atoms with Crippen LogP contribution in [-0.4, -0.2) is 25.8 Å². The van der Waals surface area contributed by atoms with E-state index < -0.39 is 29.7 Å². The van der Waals surface area contributed by atoms with E-state index in [1.165, 1.54) is 6.33 Å². The summed E-state index contributed by atoms with van der Waals surface area (Å²) in [7, 11) is 0. The van der Waals surface area contributed by atoms with E-state index in [-0.39, 0.29) is 23.8 Å². The van der Waals surface area contributed by atoms with E-state index in [2.05, 4.69) is 15.2 Å². The van der Waals surface area contributed by atoms with Crippen LogP contribution in [0, 0.1) is 5.92 Å². The quantitative estimate of drug-likeness (QED) is 0.319. The van der Waals surface area contributed by atoms with E-state index in [4.69, 9.17) is 4.42 Å². The zero-order chi connectivity index (χ0) is 24.5. The number of hydrogen-bond acceptors (Lipinski definition) is 5. The molecule has 182 valence electrons. The molecule has 12 heteroatoms. The van der Waals surface area contributed by atoms with Crippen LogP contribution in [0.1, 0.15) is 42.4 Å². The molecule has 1 aliphatic carbocycles. The van der Waals surface area contributed by atoms with Gasteiger partial charge < -0.3 is 9.32 Å². The second kappa shape index (κ2) is 7.46. The van der Waals surface area contributed by atoms with Gasteiger partial charge in [0, 0.05) is 17.5 Å². The third kappa shape index (κ3) is 3.62. The maximum absolute atomic E-state index is 13.5. The molecule has 1 aliphatic heterocycles. The van der Waals surface area contributed by atoms with Crippen molar-refractivity contribution in [1.82, 2.24) is 19.7 Å². The van der Waals surface area contributed by atoms with Gasteiger partial charge in [-0.25, -0.2) is 4.98 Å². The highest BCUT2D eigenvalue weighted by atomic mass is 19.4. The van der Waals surface area contributed by atoms with E-state index in [1.807, 2.05) is 12.1 Å². The minimum absolute atomic E-state index is 0.0130. The van der Waals surface area contributed by atoms with Gasteiger partial charge in [0.1, 0.15) is 23.4 Å². The van der Waals surface area contributed by atoms with Crippen LogP contribution in [0.5, 0.6) is 0 Å². The van der Waals surface area contributed by atoms with Crippen molar-refractivity contribution in [3.63, 3.8) is 0 Å². The molecule has 0 spiro atoms. The molecule has 6 nitrogen and oxygen atoms in total. The summed E-state index contributed by atoms with van der Waals surface area (Å²) in [6, 6.07) is 7.17. The molecule has 3 atom stereocenters. The zero-order valence-electron chi connectivity index (χ0n) is 17.9. The van der Waals surface area contributed by atoms with E-state index in [9.17, 15) is 26.3 Å². The van der Waals surface area contributed by atoms with E-state index in [0.29, 0.717) is 36.0 Å². The molecule has 35 heavy (non-hydrogen) atoms. The summed E-state index contributed by atoms with van der Waals surface area (Å²) in [6.45, 7) is 0. The van der Waals surface area contributed by atoms with Crippen LogP contribution in [0.25, 0.3) is 16.7 Å². The Hall–Kier alpha value is -3.57. The second-order valence-corrected chi connectivity index (χ2v) is 8.88.